The molecule has 0 aliphatic carbocycles. The fraction of sp³-hybridized carbons (Fsp3) is 0.529. The first kappa shape index (κ1) is 18.4. The van der Waals surface area contributed by atoms with Gasteiger partial charge in [-0.15, -0.1) is 0 Å². The normalized spacial score (nSPS) is 15.0. The van der Waals surface area contributed by atoms with E-state index in [9.17, 15) is 9.59 Å². The average molecular weight is 354 g/mol. The quantitative estimate of drug-likeness (QED) is 0.854. The predicted octanol–water partition coefficient (Wildman–Crippen LogP) is 2.80. The van der Waals surface area contributed by atoms with Gasteiger partial charge in [0.25, 0.3) is 0 Å². The number of aryl methyl sites for hydroxylation is 1. The van der Waals surface area contributed by atoms with Crippen molar-refractivity contribution in [1.29, 1.82) is 0 Å². The number of likely N-dealkylation sites (tertiary alicyclic amines) is 1. The fourth-order valence-corrected chi connectivity index (χ4v) is 2.77. The summed E-state index contributed by atoms with van der Waals surface area (Å²) in [5.74, 6) is -0.0683. The Bertz CT molecular complexity index is 586. The van der Waals surface area contributed by atoms with Gasteiger partial charge in [0.15, 0.2) is 0 Å². The van der Waals surface area contributed by atoms with Gasteiger partial charge in [-0.1, -0.05) is 17.7 Å². The number of hydrogen-bond acceptors (Lipinski definition) is 4. The number of hydrogen-bond donors (Lipinski definition) is 2. The molecular formula is C17H24ClN3O3. The fourth-order valence-electron chi connectivity index (χ4n) is 2.59. The molecule has 1 heterocycles. The second kappa shape index (κ2) is 8.78. The first-order chi connectivity index (χ1) is 11.5. The Kier molecular flexibility index (Phi) is 6.73. The van der Waals surface area contributed by atoms with E-state index in [0.29, 0.717) is 24.7 Å². The van der Waals surface area contributed by atoms with E-state index >= 15 is 0 Å². The van der Waals surface area contributed by atoms with Crippen LogP contribution in [0.25, 0.3) is 0 Å². The van der Waals surface area contributed by atoms with E-state index < -0.39 is 0 Å². The van der Waals surface area contributed by atoms with Crippen LogP contribution in [0.3, 0.4) is 0 Å². The van der Waals surface area contributed by atoms with Crippen molar-refractivity contribution >= 4 is 29.3 Å². The molecule has 2 rings (SSSR count). The van der Waals surface area contributed by atoms with Crippen LogP contribution in [0.15, 0.2) is 18.2 Å². The first-order valence-corrected chi connectivity index (χ1v) is 8.58. The van der Waals surface area contributed by atoms with E-state index in [1.165, 1.54) is 0 Å². The van der Waals surface area contributed by atoms with Crippen molar-refractivity contribution in [2.24, 2.45) is 0 Å². The maximum atomic E-state index is 12.0. The highest BCUT2D eigenvalue weighted by atomic mass is 35.5. The van der Waals surface area contributed by atoms with Crippen LogP contribution >= 0.6 is 11.6 Å². The summed E-state index contributed by atoms with van der Waals surface area (Å²) in [6, 6.07) is 5.70. The van der Waals surface area contributed by atoms with Crippen molar-refractivity contribution in [3.8, 4) is 0 Å². The van der Waals surface area contributed by atoms with Crippen molar-refractivity contribution in [2.45, 2.75) is 32.7 Å². The Morgan fingerprint density at radius 3 is 2.67 bits per heavy atom. The zero-order valence-electron chi connectivity index (χ0n) is 14.1. The summed E-state index contributed by atoms with van der Waals surface area (Å²) in [6.07, 6.45) is 1.20. The Labute approximate surface area is 147 Å². The monoisotopic (exact) mass is 353 g/mol. The summed E-state index contributed by atoms with van der Waals surface area (Å²) in [5, 5.41) is 6.73. The van der Waals surface area contributed by atoms with Crippen LogP contribution in [-0.2, 0) is 9.53 Å². The van der Waals surface area contributed by atoms with E-state index in [1.54, 1.807) is 11.8 Å². The lowest BCUT2D eigenvalue weighted by atomic mass is 10.1. The van der Waals surface area contributed by atoms with Crippen LogP contribution in [0, 0.1) is 6.92 Å². The standard InChI is InChI=1S/C17H24ClN3O3/c1-3-24-17(23)21-8-6-13(7-9-21)20-16(22)11-19-14-5-4-12(2)15(18)10-14/h4-5,10,13,19H,3,6-9,11H2,1-2H3,(H,20,22). The molecule has 2 N–H and O–H groups in total. The number of amides is 2. The maximum Gasteiger partial charge on any atom is 0.409 e. The zero-order valence-corrected chi connectivity index (χ0v) is 14.9. The number of anilines is 1. The minimum Gasteiger partial charge on any atom is -0.450 e. The van der Waals surface area contributed by atoms with Gasteiger partial charge in [0.2, 0.25) is 5.91 Å². The lowest BCUT2D eigenvalue weighted by Crippen LogP contribution is -2.47. The Hall–Kier alpha value is -1.95. The number of carbonyl (C=O) groups excluding carboxylic acids is 2. The summed E-state index contributed by atoms with van der Waals surface area (Å²) in [5.41, 5.74) is 1.82. The highest BCUT2D eigenvalue weighted by Crippen LogP contribution is 2.19. The first-order valence-electron chi connectivity index (χ1n) is 8.20. The average Bonchev–Trinajstić information content (AvgIpc) is 2.57. The van der Waals surface area contributed by atoms with Crippen molar-refractivity contribution in [3.05, 3.63) is 28.8 Å². The van der Waals surface area contributed by atoms with Crippen LogP contribution < -0.4 is 10.6 Å². The van der Waals surface area contributed by atoms with Crippen LogP contribution in [0.1, 0.15) is 25.3 Å². The maximum absolute atomic E-state index is 12.0. The van der Waals surface area contributed by atoms with E-state index in [0.717, 1.165) is 24.1 Å². The topological polar surface area (TPSA) is 70.7 Å². The number of rotatable bonds is 5. The molecule has 0 atom stereocenters. The zero-order chi connectivity index (χ0) is 17.5. The number of nitrogens with zero attached hydrogens (tertiary/aromatic N) is 1. The van der Waals surface area contributed by atoms with Gasteiger partial charge in [-0.3, -0.25) is 4.79 Å². The molecule has 1 aromatic rings. The molecule has 1 aliphatic rings. The van der Waals surface area contributed by atoms with Crippen LogP contribution in [0.5, 0.6) is 0 Å². The molecule has 0 spiro atoms. The predicted molar refractivity (Wildman–Crippen MR) is 94.4 cm³/mol. The van der Waals surface area contributed by atoms with Gasteiger partial charge in [0.05, 0.1) is 13.2 Å². The highest BCUT2D eigenvalue weighted by Gasteiger charge is 2.24. The SMILES string of the molecule is CCOC(=O)N1CCC(NC(=O)CNc2ccc(C)c(Cl)c2)CC1. The van der Waals surface area contributed by atoms with Gasteiger partial charge in [-0.05, 0) is 44.4 Å². The summed E-state index contributed by atoms with van der Waals surface area (Å²) in [4.78, 5) is 25.4. The van der Waals surface area contributed by atoms with E-state index in [2.05, 4.69) is 10.6 Å². The van der Waals surface area contributed by atoms with Crippen LogP contribution in [0.4, 0.5) is 10.5 Å². The van der Waals surface area contributed by atoms with Gasteiger partial charge >= 0.3 is 6.09 Å². The van der Waals surface area contributed by atoms with Gasteiger partial charge in [-0.25, -0.2) is 4.79 Å². The number of nitrogens with one attached hydrogen (secondary N) is 2. The molecule has 6 nitrogen and oxygen atoms in total. The highest BCUT2D eigenvalue weighted by molar-refractivity contribution is 6.31. The molecule has 1 aromatic carbocycles. The van der Waals surface area contributed by atoms with Gasteiger partial charge in [-0.2, -0.15) is 0 Å². The summed E-state index contributed by atoms with van der Waals surface area (Å²) in [6.45, 7) is 5.50. The molecule has 0 radical (unpaired) electrons. The molecule has 1 aliphatic heterocycles. The van der Waals surface area contributed by atoms with E-state index in [1.807, 2.05) is 25.1 Å². The van der Waals surface area contributed by atoms with Crippen LogP contribution in [-0.4, -0.2) is 49.2 Å². The Morgan fingerprint density at radius 2 is 2.04 bits per heavy atom. The smallest absolute Gasteiger partial charge is 0.409 e. The van der Waals surface area contributed by atoms with Crippen LogP contribution in [0.2, 0.25) is 5.02 Å². The number of halogens is 1. The molecule has 7 heteroatoms. The van der Waals surface area contributed by atoms with Gasteiger partial charge in [0.1, 0.15) is 0 Å². The van der Waals surface area contributed by atoms with Crippen molar-refractivity contribution in [1.82, 2.24) is 10.2 Å². The molecule has 0 bridgehead atoms. The molecule has 0 aromatic heterocycles. The lowest BCUT2D eigenvalue weighted by molar-refractivity contribution is -0.120. The number of benzene rings is 1. The summed E-state index contributed by atoms with van der Waals surface area (Å²) < 4.78 is 4.98. The molecule has 1 fully saturated rings. The molecule has 2 amide bonds. The third-order valence-electron chi connectivity index (χ3n) is 4.01. The molecule has 0 unspecified atom stereocenters. The summed E-state index contributed by atoms with van der Waals surface area (Å²) in [7, 11) is 0. The number of piperidine rings is 1. The van der Waals surface area contributed by atoms with Gasteiger partial charge < -0.3 is 20.3 Å². The largest absolute Gasteiger partial charge is 0.450 e. The van der Waals surface area contributed by atoms with Gasteiger partial charge in [0, 0.05) is 29.8 Å². The van der Waals surface area contributed by atoms with Crippen molar-refractivity contribution in [2.75, 3.05) is 31.6 Å². The molecule has 1 saturated heterocycles. The second-order valence-electron chi connectivity index (χ2n) is 5.85. The third kappa shape index (κ3) is 5.30. The van der Waals surface area contributed by atoms with Crippen molar-refractivity contribution in [3.63, 3.8) is 0 Å². The Morgan fingerprint density at radius 1 is 1.33 bits per heavy atom. The number of ether oxygens (including phenoxy) is 1. The molecular weight excluding hydrogens is 330 g/mol. The van der Waals surface area contributed by atoms with E-state index in [-0.39, 0.29) is 24.6 Å². The minimum atomic E-state index is -0.278. The number of carbonyl (C=O) groups is 2. The van der Waals surface area contributed by atoms with E-state index in [4.69, 9.17) is 16.3 Å². The second-order valence-corrected chi connectivity index (χ2v) is 6.25. The minimum absolute atomic E-state index is 0.0683. The van der Waals surface area contributed by atoms with Crippen molar-refractivity contribution < 1.29 is 14.3 Å². The molecule has 24 heavy (non-hydrogen) atoms. The lowest BCUT2D eigenvalue weighted by Gasteiger charge is -2.31. The summed E-state index contributed by atoms with van der Waals surface area (Å²) >= 11 is 6.06. The molecule has 132 valence electrons. The Balaban J connectivity index is 1.71. The third-order valence-corrected chi connectivity index (χ3v) is 4.42. The molecule has 0 saturated carbocycles.